The molecule has 74 valence electrons. The lowest BCUT2D eigenvalue weighted by Gasteiger charge is -2.08. The van der Waals surface area contributed by atoms with Crippen molar-refractivity contribution < 1.29 is 4.74 Å². The zero-order valence-electron chi connectivity index (χ0n) is 8.56. The van der Waals surface area contributed by atoms with Gasteiger partial charge in [-0.05, 0) is 36.4 Å². The Balaban J connectivity index is 4.15. The van der Waals surface area contributed by atoms with Gasteiger partial charge in [0, 0.05) is 6.42 Å². The molecule has 0 aliphatic heterocycles. The van der Waals surface area contributed by atoms with E-state index in [0.29, 0.717) is 0 Å². The molecule has 0 fully saturated rings. The molecule has 0 amide bonds. The van der Waals surface area contributed by atoms with Crippen LogP contribution in [-0.2, 0) is 4.74 Å². The molecule has 0 heterocycles. The molecule has 0 spiro atoms. The summed E-state index contributed by atoms with van der Waals surface area (Å²) in [6, 6.07) is 0. The average Bonchev–Trinajstić information content (AvgIpc) is 2.12. The Kier molecular flexibility index (Phi) is 6.69. The van der Waals surface area contributed by atoms with E-state index in [2.05, 4.69) is 36.4 Å². The minimum absolute atomic E-state index is 0.933. The normalized spacial score (nSPS) is 10.9. The van der Waals surface area contributed by atoms with E-state index in [4.69, 9.17) is 4.74 Å². The fourth-order valence-corrected chi connectivity index (χ4v) is 1.43. The predicted octanol–water partition coefficient (Wildman–Crippen LogP) is 4.17. The van der Waals surface area contributed by atoms with Crippen LogP contribution in [0.1, 0.15) is 26.7 Å². The van der Waals surface area contributed by atoms with Gasteiger partial charge in [-0.3, -0.25) is 0 Å². The molecule has 1 nitrogen and oxygen atoms in total. The number of hydrogen-bond donors (Lipinski definition) is 0. The number of halogens is 1. The Labute approximate surface area is 89.3 Å². The lowest BCUT2D eigenvalue weighted by Crippen LogP contribution is -1.91. The summed E-state index contributed by atoms with van der Waals surface area (Å²) in [7, 11) is 1.72. The van der Waals surface area contributed by atoms with Crippen molar-refractivity contribution in [1.29, 1.82) is 0 Å². The second-order valence-electron chi connectivity index (χ2n) is 3.02. The van der Waals surface area contributed by atoms with E-state index in [0.717, 1.165) is 18.6 Å². The molecule has 0 aromatic rings. The standard InChI is InChI=1S/C11H17BrO/c1-5-10(8-12)6-7-11(13-4)9(2)3/h5,8H,1,6-7H2,2-4H3/b10-8-. The molecule has 13 heavy (non-hydrogen) atoms. The third-order valence-corrected chi connectivity index (χ3v) is 2.44. The second-order valence-corrected chi connectivity index (χ2v) is 3.47. The van der Waals surface area contributed by atoms with Crippen LogP contribution in [0, 0.1) is 0 Å². The van der Waals surface area contributed by atoms with Gasteiger partial charge in [-0.2, -0.15) is 0 Å². The first-order valence-electron chi connectivity index (χ1n) is 4.27. The maximum atomic E-state index is 5.25. The minimum atomic E-state index is 0.933. The Hall–Kier alpha value is -0.500. The first-order valence-corrected chi connectivity index (χ1v) is 5.19. The van der Waals surface area contributed by atoms with E-state index in [1.54, 1.807) is 7.11 Å². The van der Waals surface area contributed by atoms with Gasteiger partial charge in [-0.15, -0.1) is 0 Å². The molecule has 0 aliphatic carbocycles. The summed E-state index contributed by atoms with van der Waals surface area (Å²) in [5.74, 6) is 1.06. The summed E-state index contributed by atoms with van der Waals surface area (Å²) < 4.78 is 5.25. The number of rotatable bonds is 5. The Morgan fingerprint density at radius 1 is 1.38 bits per heavy atom. The second kappa shape index (κ2) is 6.96. The first kappa shape index (κ1) is 12.5. The summed E-state index contributed by atoms with van der Waals surface area (Å²) in [6.45, 7) is 7.84. The fourth-order valence-electron chi connectivity index (χ4n) is 1.02. The molecule has 0 radical (unpaired) electrons. The summed E-state index contributed by atoms with van der Waals surface area (Å²) in [5.41, 5.74) is 2.43. The smallest absolute Gasteiger partial charge is 0.0945 e. The molecular formula is C11H17BrO. The van der Waals surface area contributed by atoms with Gasteiger partial charge in [-0.25, -0.2) is 0 Å². The molecule has 0 N–H and O–H groups in total. The molecule has 0 bridgehead atoms. The van der Waals surface area contributed by atoms with Crippen molar-refractivity contribution in [2.75, 3.05) is 7.11 Å². The number of methoxy groups -OCH3 is 1. The van der Waals surface area contributed by atoms with Gasteiger partial charge in [0.05, 0.1) is 12.9 Å². The molecule has 2 heteroatoms. The van der Waals surface area contributed by atoms with E-state index < -0.39 is 0 Å². The Morgan fingerprint density at radius 3 is 2.31 bits per heavy atom. The van der Waals surface area contributed by atoms with E-state index in [1.165, 1.54) is 11.1 Å². The molecule has 0 rings (SSSR count). The van der Waals surface area contributed by atoms with Gasteiger partial charge < -0.3 is 4.74 Å². The number of allylic oxidation sites excluding steroid dienone is 4. The first-order chi connectivity index (χ1) is 6.15. The van der Waals surface area contributed by atoms with Crippen LogP contribution in [0.2, 0.25) is 0 Å². The molecule has 0 saturated carbocycles. The van der Waals surface area contributed by atoms with Crippen molar-refractivity contribution in [2.45, 2.75) is 26.7 Å². The van der Waals surface area contributed by atoms with Crippen LogP contribution in [0.25, 0.3) is 0 Å². The van der Waals surface area contributed by atoms with Crippen LogP contribution in [0.5, 0.6) is 0 Å². The summed E-state index contributed by atoms with van der Waals surface area (Å²) in [6.07, 6.45) is 3.75. The summed E-state index contributed by atoms with van der Waals surface area (Å²) in [5, 5.41) is 0. The van der Waals surface area contributed by atoms with Crippen molar-refractivity contribution in [2.24, 2.45) is 0 Å². The van der Waals surface area contributed by atoms with Crippen LogP contribution in [0.3, 0.4) is 0 Å². The van der Waals surface area contributed by atoms with Crippen LogP contribution in [0.15, 0.2) is 34.5 Å². The van der Waals surface area contributed by atoms with Crippen LogP contribution < -0.4 is 0 Å². The molecule has 0 saturated heterocycles. The van der Waals surface area contributed by atoms with Crippen LogP contribution in [-0.4, -0.2) is 7.11 Å². The Bertz CT molecular complexity index is 222. The monoisotopic (exact) mass is 244 g/mol. The highest BCUT2D eigenvalue weighted by atomic mass is 79.9. The molecule has 0 atom stereocenters. The van der Waals surface area contributed by atoms with E-state index in [1.807, 2.05) is 11.1 Å². The third-order valence-electron chi connectivity index (χ3n) is 1.85. The van der Waals surface area contributed by atoms with Crippen molar-refractivity contribution in [3.05, 3.63) is 34.5 Å². The predicted molar refractivity (Wildman–Crippen MR) is 61.8 cm³/mol. The van der Waals surface area contributed by atoms with Crippen molar-refractivity contribution in [3.63, 3.8) is 0 Å². The zero-order valence-corrected chi connectivity index (χ0v) is 10.1. The minimum Gasteiger partial charge on any atom is -0.501 e. The van der Waals surface area contributed by atoms with Crippen molar-refractivity contribution in [1.82, 2.24) is 0 Å². The lowest BCUT2D eigenvalue weighted by atomic mass is 10.1. The van der Waals surface area contributed by atoms with Gasteiger partial charge in [0.1, 0.15) is 0 Å². The van der Waals surface area contributed by atoms with Crippen molar-refractivity contribution >= 4 is 15.9 Å². The molecular weight excluding hydrogens is 228 g/mol. The molecule has 0 aromatic heterocycles. The Morgan fingerprint density at radius 2 is 2.00 bits per heavy atom. The van der Waals surface area contributed by atoms with Gasteiger partial charge >= 0.3 is 0 Å². The molecule has 0 unspecified atom stereocenters. The van der Waals surface area contributed by atoms with Crippen LogP contribution >= 0.6 is 15.9 Å². The topological polar surface area (TPSA) is 9.23 Å². The van der Waals surface area contributed by atoms with Gasteiger partial charge in [-0.1, -0.05) is 28.6 Å². The number of ether oxygens (including phenoxy) is 1. The lowest BCUT2D eigenvalue weighted by molar-refractivity contribution is 0.272. The average molecular weight is 245 g/mol. The highest BCUT2D eigenvalue weighted by molar-refractivity contribution is 9.11. The quantitative estimate of drug-likeness (QED) is 0.521. The third kappa shape index (κ3) is 4.94. The summed E-state index contributed by atoms with van der Waals surface area (Å²) >= 11 is 3.29. The van der Waals surface area contributed by atoms with E-state index in [-0.39, 0.29) is 0 Å². The largest absolute Gasteiger partial charge is 0.501 e. The fraction of sp³-hybridized carbons (Fsp3) is 0.455. The summed E-state index contributed by atoms with van der Waals surface area (Å²) in [4.78, 5) is 1.90. The van der Waals surface area contributed by atoms with E-state index in [9.17, 15) is 0 Å². The molecule has 0 aromatic carbocycles. The van der Waals surface area contributed by atoms with E-state index >= 15 is 0 Å². The molecule has 0 aliphatic rings. The SMILES string of the molecule is C=C/C(=C/Br)CCC(OC)=C(C)C. The van der Waals surface area contributed by atoms with Gasteiger partial charge in [0.15, 0.2) is 0 Å². The highest BCUT2D eigenvalue weighted by Crippen LogP contribution is 2.16. The maximum absolute atomic E-state index is 5.25. The number of hydrogen-bond acceptors (Lipinski definition) is 1. The zero-order chi connectivity index (χ0) is 10.3. The van der Waals surface area contributed by atoms with Gasteiger partial charge in [0.25, 0.3) is 0 Å². The maximum Gasteiger partial charge on any atom is 0.0945 e. The van der Waals surface area contributed by atoms with Gasteiger partial charge in [0.2, 0.25) is 0 Å². The van der Waals surface area contributed by atoms with Crippen molar-refractivity contribution in [3.8, 4) is 0 Å². The highest BCUT2D eigenvalue weighted by Gasteiger charge is 2.00. The van der Waals surface area contributed by atoms with Crippen LogP contribution in [0.4, 0.5) is 0 Å².